The van der Waals surface area contributed by atoms with Gasteiger partial charge >= 0.3 is 12.1 Å². The first-order valence-corrected chi connectivity index (χ1v) is 11.8. The molecule has 5 rings (SSSR count). The summed E-state index contributed by atoms with van der Waals surface area (Å²) in [6, 6.07) is 15.3. The van der Waals surface area contributed by atoms with Crippen LogP contribution in [0.1, 0.15) is 36.3 Å². The lowest BCUT2D eigenvalue weighted by molar-refractivity contribution is -0.141. The van der Waals surface area contributed by atoms with Gasteiger partial charge in [0.05, 0.1) is 11.8 Å². The van der Waals surface area contributed by atoms with Crippen molar-refractivity contribution >= 4 is 18.0 Å². The van der Waals surface area contributed by atoms with Crippen LogP contribution in [0.25, 0.3) is 11.1 Å². The van der Waals surface area contributed by atoms with Crippen LogP contribution in [-0.2, 0) is 14.3 Å². The number of halogens is 2. The number of aliphatic carboxylic acids is 1. The summed E-state index contributed by atoms with van der Waals surface area (Å²) in [5.74, 6) is -8.54. The van der Waals surface area contributed by atoms with E-state index in [1.165, 1.54) is 0 Å². The quantitative estimate of drug-likeness (QED) is 0.555. The number of carboxylic acid groups (broad SMARTS) is 1. The first-order chi connectivity index (χ1) is 16.8. The second kappa shape index (κ2) is 8.94. The summed E-state index contributed by atoms with van der Waals surface area (Å²) in [4.78, 5) is 35.7. The number of fused-ring (bicyclic) bond motifs is 3. The highest BCUT2D eigenvalue weighted by Crippen LogP contribution is 2.55. The molecule has 2 fully saturated rings. The van der Waals surface area contributed by atoms with Gasteiger partial charge in [0.15, 0.2) is 0 Å². The van der Waals surface area contributed by atoms with Crippen molar-refractivity contribution in [2.75, 3.05) is 13.2 Å². The van der Waals surface area contributed by atoms with Gasteiger partial charge in [-0.05, 0) is 41.5 Å². The van der Waals surface area contributed by atoms with Crippen LogP contribution in [0, 0.1) is 17.8 Å². The highest BCUT2D eigenvalue weighted by atomic mass is 19.3. The van der Waals surface area contributed by atoms with Crippen LogP contribution in [0.2, 0.25) is 0 Å². The zero-order valence-electron chi connectivity index (χ0n) is 18.9. The molecule has 4 atom stereocenters. The molecule has 3 N–H and O–H groups in total. The number of hydrogen-bond donors (Lipinski definition) is 3. The summed E-state index contributed by atoms with van der Waals surface area (Å²) in [6.45, 7) is -0.318. The number of ether oxygens (including phenoxy) is 1. The van der Waals surface area contributed by atoms with Crippen molar-refractivity contribution in [3.05, 3.63) is 59.7 Å². The highest BCUT2D eigenvalue weighted by molar-refractivity contribution is 5.84. The fourth-order valence-electron chi connectivity index (χ4n) is 5.47. The fourth-order valence-corrected chi connectivity index (χ4v) is 5.47. The Kier molecular flexibility index (Phi) is 5.94. The van der Waals surface area contributed by atoms with Gasteiger partial charge in [-0.15, -0.1) is 0 Å². The van der Waals surface area contributed by atoms with Crippen LogP contribution < -0.4 is 10.6 Å². The number of carbonyl (C=O) groups excluding carboxylic acids is 2. The van der Waals surface area contributed by atoms with Crippen LogP contribution in [-0.4, -0.2) is 48.2 Å². The fraction of sp³-hybridized carbons (Fsp3) is 0.423. The molecule has 2 amide bonds. The van der Waals surface area contributed by atoms with Crippen LogP contribution in [0.5, 0.6) is 0 Å². The van der Waals surface area contributed by atoms with Crippen molar-refractivity contribution in [2.45, 2.75) is 37.1 Å². The van der Waals surface area contributed by atoms with Gasteiger partial charge in [-0.2, -0.15) is 0 Å². The predicted molar refractivity (Wildman–Crippen MR) is 122 cm³/mol. The number of carboxylic acids is 1. The Morgan fingerprint density at radius 3 is 2.23 bits per heavy atom. The molecule has 0 radical (unpaired) electrons. The van der Waals surface area contributed by atoms with Crippen molar-refractivity contribution in [3.8, 4) is 11.1 Å². The molecule has 0 heterocycles. The first-order valence-electron chi connectivity index (χ1n) is 11.8. The van der Waals surface area contributed by atoms with E-state index in [1.54, 1.807) is 0 Å². The molecule has 35 heavy (non-hydrogen) atoms. The Hall–Kier alpha value is -3.49. The van der Waals surface area contributed by atoms with Crippen molar-refractivity contribution in [2.24, 2.45) is 17.8 Å². The molecule has 7 nitrogen and oxygen atoms in total. The minimum absolute atomic E-state index is 0.0667. The average molecular weight is 484 g/mol. The summed E-state index contributed by atoms with van der Waals surface area (Å²) in [7, 11) is 0. The molecule has 3 aliphatic carbocycles. The van der Waals surface area contributed by atoms with E-state index in [0.717, 1.165) is 22.3 Å². The lowest BCUT2D eigenvalue weighted by Gasteiger charge is -2.14. The maximum atomic E-state index is 14.3. The molecule has 2 aromatic rings. The Balaban J connectivity index is 1.12. The van der Waals surface area contributed by atoms with Crippen LogP contribution >= 0.6 is 0 Å². The molecule has 2 saturated carbocycles. The minimum atomic E-state index is -3.23. The van der Waals surface area contributed by atoms with E-state index in [4.69, 9.17) is 9.84 Å². The zero-order chi connectivity index (χ0) is 24.7. The number of hydrogen-bond acceptors (Lipinski definition) is 4. The van der Waals surface area contributed by atoms with E-state index in [-0.39, 0.29) is 25.5 Å². The molecular weight excluding hydrogens is 458 g/mol. The van der Waals surface area contributed by atoms with Gasteiger partial charge in [-0.3, -0.25) is 9.59 Å². The second-order valence-corrected chi connectivity index (χ2v) is 9.52. The molecular formula is C26H26F2N2O5. The van der Waals surface area contributed by atoms with E-state index < -0.39 is 47.7 Å². The summed E-state index contributed by atoms with van der Waals surface area (Å²) in [5.41, 5.74) is 4.26. The number of alkyl carbamates (subject to hydrolysis) is 1. The van der Waals surface area contributed by atoms with E-state index >= 15 is 0 Å². The number of alkyl halides is 2. The first kappa shape index (κ1) is 23.3. The molecule has 3 aliphatic rings. The summed E-state index contributed by atoms with van der Waals surface area (Å²) in [6.07, 6.45) is 0.286. The van der Waals surface area contributed by atoms with Gasteiger partial charge in [0, 0.05) is 18.5 Å². The lowest BCUT2D eigenvalue weighted by atomic mass is 9.98. The third-order valence-corrected chi connectivity index (χ3v) is 7.42. The molecule has 184 valence electrons. The number of amides is 2. The summed E-state index contributed by atoms with van der Waals surface area (Å²) in [5, 5.41) is 14.0. The SMILES string of the molecule is O=C(NCC1C(C(=O)N[C@@H]2CC[C@H](C(=O)O)C2)C1(F)F)OCC1c2ccccc2-c2ccccc21. The van der Waals surface area contributed by atoms with Gasteiger partial charge in [-0.1, -0.05) is 48.5 Å². The van der Waals surface area contributed by atoms with Gasteiger partial charge in [-0.25, -0.2) is 13.6 Å². The number of rotatable bonds is 7. The van der Waals surface area contributed by atoms with E-state index in [2.05, 4.69) is 10.6 Å². The standard InChI is InChI=1S/C26H26F2N2O5/c27-26(28)21(22(26)23(31)30-15-10-9-14(11-15)24(32)33)12-29-25(34)35-13-20-18-7-3-1-5-16(18)17-6-2-4-8-19(17)20/h1-8,14-15,20-22H,9-13H2,(H,29,34)(H,30,31)(H,32,33)/t14-,15+,21?,22?/m0/s1. The topological polar surface area (TPSA) is 105 Å². The smallest absolute Gasteiger partial charge is 0.407 e. The van der Waals surface area contributed by atoms with Crippen LogP contribution in [0.3, 0.4) is 0 Å². The van der Waals surface area contributed by atoms with Gasteiger partial charge in [0.25, 0.3) is 5.92 Å². The monoisotopic (exact) mass is 484 g/mol. The number of nitrogens with one attached hydrogen (secondary N) is 2. The van der Waals surface area contributed by atoms with Gasteiger partial charge in [0.1, 0.15) is 12.5 Å². The van der Waals surface area contributed by atoms with E-state index in [9.17, 15) is 23.2 Å². The van der Waals surface area contributed by atoms with E-state index in [1.807, 2.05) is 48.5 Å². The Bertz CT molecular complexity index is 1120. The molecule has 2 aromatic carbocycles. The van der Waals surface area contributed by atoms with Gasteiger partial charge < -0.3 is 20.5 Å². The summed E-state index contributed by atoms with van der Waals surface area (Å²) >= 11 is 0. The Labute approximate surface area is 200 Å². The predicted octanol–water partition coefficient (Wildman–Crippen LogP) is 3.78. The van der Waals surface area contributed by atoms with Crippen LogP contribution in [0.15, 0.2) is 48.5 Å². The highest BCUT2D eigenvalue weighted by Gasteiger charge is 2.71. The molecule has 0 bridgehead atoms. The zero-order valence-corrected chi connectivity index (χ0v) is 18.9. The number of benzene rings is 2. The largest absolute Gasteiger partial charge is 0.481 e. The van der Waals surface area contributed by atoms with Crippen LogP contribution in [0.4, 0.5) is 13.6 Å². The molecule has 0 spiro atoms. The maximum absolute atomic E-state index is 14.3. The van der Waals surface area contributed by atoms with Crippen molar-refractivity contribution in [1.82, 2.24) is 10.6 Å². The molecule has 0 saturated heterocycles. The molecule has 0 aliphatic heterocycles. The summed E-state index contributed by atoms with van der Waals surface area (Å²) < 4.78 is 33.9. The maximum Gasteiger partial charge on any atom is 0.407 e. The molecule has 2 unspecified atom stereocenters. The molecule has 0 aromatic heterocycles. The second-order valence-electron chi connectivity index (χ2n) is 9.52. The van der Waals surface area contributed by atoms with Crippen molar-refractivity contribution in [3.63, 3.8) is 0 Å². The Morgan fingerprint density at radius 2 is 1.63 bits per heavy atom. The molecule has 9 heteroatoms. The number of carbonyl (C=O) groups is 3. The third kappa shape index (κ3) is 4.35. The Morgan fingerprint density at radius 1 is 1.00 bits per heavy atom. The average Bonchev–Trinajstić information content (AvgIpc) is 3.14. The lowest BCUT2D eigenvalue weighted by Crippen LogP contribution is -2.36. The normalized spacial score (nSPS) is 25.9. The van der Waals surface area contributed by atoms with Crippen molar-refractivity contribution < 1.29 is 33.0 Å². The van der Waals surface area contributed by atoms with E-state index in [0.29, 0.717) is 12.8 Å². The van der Waals surface area contributed by atoms with Gasteiger partial charge in [0.2, 0.25) is 5.91 Å². The van der Waals surface area contributed by atoms with Crippen molar-refractivity contribution in [1.29, 1.82) is 0 Å². The third-order valence-electron chi connectivity index (χ3n) is 7.42. The minimum Gasteiger partial charge on any atom is -0.481 e.